The van der Waals surface area contributed by atoms with E-state index in [-0.39, 0.29) is 0 Å². The number of esters is 1. The summed E-state index contributed by atoms with van der Waals surface area (Å²) >= 11 is 3.51. The molecule has 1 fully saturated rings. The molecule has 1 aliphatic heterocycles. The van der Waals surface area contributed by atoms with Gasteiger partial charge in [-0.3, -0.25) is 4.90 Å². The number of hydrogen-bond acceptors (Lipinski definition) is 7. The van der Waals surface area contributed by atoms with Gasteiger partial charge in [-0.05, 0) is 31.2 Å². The second-order valence-corrected chi connectivity index (χ2v) is 7.50. The highest BCUT2D eigenvalue weighted by Crippen LogP contribution is 2.30. The minimum Gasteiger partial charge on any atom is -0.460 e. The van der Waals surface area contributed by atoms with Gasteiger partial charge in [-0.25, -0.2) is 14.8 Å². The zero-order chi connectivity index (χ0) is 19.5. The van der Waals surface area contributed by atoms with Gasteiger partial charge in [0.15, 0.2) is 0 Å². The van der Waals surface area contributed by atoms with E-state index in [0.717, 1.165) is 47.5 Å². The van der Waals surface area contributed by atoms with Gasteiger partial charge in [0.05, 0.1) is 6.61 Å². The second kappa shape index (κ2) is 8.28. The average molecular weight is 445 g/mol. The Hall–Kier alpha value is -2.45. The highest BCUT2D eigenvalue weighted by Gasteiger charge is 2.26. The third-order valence-corrected chi connectivity index (χ3v) is 5.30. The molecule has 7 nitrogen and oxygen atoms in total. The highest BCUT2D eigenvalue weighted by atomic mass is 79.9. The van der Waals surface area contributed by atoms with E-state index >= 15 is 0 Å². The van der Waals surface area contributed by atoms with E-state index in [1.165, 1.54) is 0 Å². The van der Waals surface area contributed by atoms with Gasteiger partial charge >= 0.3 is 5.97 Å². The van der Waals surface area contributed by atoms with E-state index in [1.807, 2.05) is 24.3 Å². The maximum atomic E-state index is 12.4. The van der Waals surface area contributed by atoms with Crippen LogP contribution in [-0.4, -0.2) is 53.6 Å². The Morgan fingerprint density at radius 2 is 1.96 bits per heavy atom. The van der Waals surface area contributed by atoms with E-state index in [1.54, 1.807) is 19.3 Å². The topological polar surface area (TPSA) is 71.7 Å². The Labute approximate surface area is 171 Å². The number of nitrogens with zero attached hydrogens (tertiary/aromatic N) is 4. The Bertz CT molecular complexity index is 968. The number of rotatable bonds is 5. The third-order valence-electron chi connectivity index (χ3n) is 4.80. The van der Waals surface area contributed by atoms with Crippen LogP contribution in [0.3, 0.4) is 0 Å². The van der Waals surface area contributed by atoms with E-state index in [0.29, 0.717) is 24.5 Å². The summed E-state index contributed by atoms with van der Waals surface area (Å²) in [7, 11) is 0. The molecule has 0 aliphatic carbocycles. The van der Waals surface area contributed by atoms with Crippen LogP contribution in [0.4, 0.5) is 5.95 Å². The van der Waals surface area contributed by atoms with Crippen molar-refractivity contribution in [1.29, 1.82) is 0 Å². The Morgan fingerprint density at radius 3 is 2.68 bits per heavy atom. The van der Waals surface area contributed by atoms with Crippen LogP contribution in [0.15, 0.2) is 45.5 Å². The molecule has 0 N–H and O–H groups in total. The van der Waals surface area contributed by atoms with Crippen LogP contribution >= 0.6 is 15.9 Å². The molecule has 0 saturated carbocycles. The monoisotopic (exact) mass is 444 g/mol. The normalized spacial score (nSPS) is 15.1. The van der Waals surface area contributed by atoms with Crippen molar-refractivity contribution >= 4 is 38.8 Å². The Morgan fingerprint density at radius 1 is 1.21 bits per heavy atom. The number of hydrogen-bond donors (Lipinski definition) is 0. The summed E-state index contributed by atoms with van der Waals surface area (Å²) in [5, 5.41) is 0.936. The zero-order valence-electron chi connectivity index (χ0n) is 15.6. The number of anilines is 1. The predicted molar refractivity (Wildman–Crippen MR) is 109 cm³/mol. The van der Waals surface area contributed by atoms with Crippen LogP contribution < -0.4 is 4.90 Å². The average Bonchev–Trinajstić information content (AvgIpc) is 3.07. The first-order valence-corrected chi connectivity index (χ1v) is 10.1. The van der Waals surface area contributed by atoms with Crippen molar-refractivity contribution in [2.24, 2.45) is 0 Å². The molecule has 8 heteroatoms. The first kappa shape index (κ1) is 18.9. The fourth-order valence-electron chi connectivity index (χ4n) is 3.42. The number of benzene rings is 1. The lowest BCUT2D eigenvalue weighted by atomic mass is 10.1. The molecular formula is C20H21BrN4O3. The van der Waals surface area contributed by atoms with Crippen LogP contribution in [0.25, 0.3) is 11.0 Å². The van der Waals surface area contributed by atoms with E-state index in [2.05, 4.69) is 35.7 Å². The Balaban J connectivity index is 1.55. The summed E-state index contributed by atoms with van der Waals surface area (Å²) in [5.74, 6) is 0.636. The van der Waals surface area contributed by atoms with Crippen LogP contribution in [0, 0.1) is 0 Å². The van der Waals surface area contributed by atoms with Gasteiger partial charge in [-0.2, -0.15) is 0 Å². The van der Waals surface area contributed by atoms with Gasteiger partial charge < -0.3 is 14.1 Å². The summed E-state index contributed by atoms with van der Waals surface area (Å²) in [4.78, 5) is 25.6. The molecule has 3 heterocycles. The van der Waals surface area contributed by atoms with Crippen LogP contribution in [0.5, 0.6) is 0 Å². The second-order valence-electron chi connectivity index (χ2n) is 6.58. The minimum absolute atomic E-state index is 0.295. The lowest BCUT2D eigenvalue weighted by Gasteiger charge is -2.34. The van der Waals surface area contributed by atoms with Crippen molar-refractivity contribution in [3.63, 3.8) is 0 Å². The fourth-order valence-corrected chi connectivity index (χ4v) is 3.78. The van der Waals surface area contributed by atoms with E-state index < -0.39 is 5.97 Å². The number of ether oxygens (including phenoxy) is 1. The van der Waals surface area contributed by atoms with Crippen LogP contribution in [-0.2, 0) is 11.3 Å². The van der Waals surface area contributed by atoms with Gasteiger partial charge in [-0.1, -0.05) is 15.9 Å². The molecule has 0 spiro atoms. The van der Waals surface area contributed by atoms with Crippen molar-refractivity contribution in [3.05, 3.63) is 52.5 Å². The fraction of sp³-hybridized carbons (Fsp3) is 0.350. The zero-order valence-corrected chi connectivity index (χ0v) is 17.2. The highest BCUT2D eigenvalue weighted by molar-refractivity contribution is 9.10. The minimum atomic E-state index is -0.416. The van der Waals surface area contributed by atoms with Crippen LogP contribution in [0.2, 0.25) is 0 Å². The molecule has 3 aromatic rings. The molecule has 1 saturated heterocycles. The molecule has 1 aliphatic rings. The largest absolute Gasteiger partial charge is 0.460 e. The van der Waals surface area contributed by atoms with Crippen molar-refractivity contribution in [1.82, 2.24) is 14.9 Å². The molecule has 0 radical (unpaired) electrons. The standard InChI is InChI=1S/C20H21BrN4O3/c1-2-27-19(26)18-16(15-12-14(21)4-5-17(15)28-18)13-24-8-10-25(11-9-24)20-22-6-3-7-23-20/h3-7,12H,2,8-11,13H2,1H3. The van der Waals surface area contributed by atoms with E-state index in [4.69, 9.17) is 9.15 Å². The summed E-state index contributed by atoms with van der Waals surface area (Å²) in [6, 6.07) is 7.59. The number of carbonyl (C=O) groups is 1. The summed E-state index contributed by atoms with van der Waals surface area (Å²) < 4.78 is 12.0. The van der Waals surface area contributed by atoms with Gasteiger partial charge in [-0.15, -0.1) is 0 Å². The number of furan rings is 1. The first-order valence-electron chi connectivity index (χ1n) is 9.28. The molecule has 0 amide bonds. The first-order chi connectivity index (χ1) is 13.7. The number of aromatic nitrogens is 2. The van der Waals surface area contributed by atoms with Gasteiger partial charge in [0.25, 0.3) is 0 Å². The van der Waals surface area contributed by atoms with Crippen molar-refractivity contribution in [2.45, 2.75) is 13.5 Å². The molecule has 28 heavy (non-hydrogen) atoms. The van der Waals surface area contributed by atoms with E-state index in [9.17, 15) is 4.79 Å². The summed E-state index contributed by atoms with van der Waals surface area (Å²) in [5.41, 5.74) is 1.57. The maximum Gasteiger partial charge on any atom is 0.374 e. The molecule has 0 bridgehead atoms. The van der Waals surface area contributed by atoms with Crippen molar-refractivity contribution < 1.29 is 13.9 Å². The SMILES string of the molecule is CCOC(=O)c1oc2ccc(Br)cc2c1CN1CCN(c2ncccn2)CC1. The van der Waals surface area contributed by atoms with Crippen LogP contribution in [0.1, 0.15) is 23.0 Å². The Kier molecular flexibility index (Phi) is 5.59. The summed E-state index contributed by atoms with van der Waals surface area (Å²) in [6.07, 6.45) is 3.52. The van der Waals surface area contributed by atoms with Crippen molar-refractivity contribution in [3.8, 4) is 0 Å². The molecule has 1 aromatic carbocycles. The van der Waals surface area contributed by atoms with Gasteiger partial charge in [0.1, 0.15) is 5.58 Å². The number of carbonyl (C=O) groups excluding carboxylic acids is 1. The molecule has 0 atom stereocenters. The number of fused-ring (bicyclic) bond motifs is 1. The predicted octanol–water partition coefficient (Wildman–Crippen LogP) is 3.48. The number of halogens is 1. The van der Waals surface area contributed by atoms with Crippen molar-refractivity contribution in [2.75, 3.05) is 37.7 Å². The smallest absolute Gasteiger partial charge is 0.374 e. The maximum absolute atomic E-state index is 12.4. The third kappa shape index (κ3) is 3.88. The lowest BCUT2D eigenvalue weighted by molar-refractivity contribution is 0.0489. The molecule has 0 unspecified atom stereocenters. The molecule has 2 aromatic heterocycles. The van der Waals surface area contributed by atoms with Gasteiger partial charge in [0, 0.05) is 60.5 Å². The quantitative estimate of drug-likeness (QED) is 0.557. The lowest BCUT2D eigenvalue weighted by Crippen LogP contribution is -2.46. The number of piperazine rings is 1. The summed E-state index contributed by atoms with van der Waals surface area (Å²) in [6.45, 7) is 6.09. The van der Waals surface area contributed by atoms with Gasteiger partial charge in [0.2, 0.25) is 11.7 Å². The molecule has 4 rings (SSSR count). The molecule has 146 valence electrons. The molecular weight excluding hydrogens is 424 g/mol.